The third-order valence-electron chi connectivity index (χ3n) is 3.62. The van der Waals surface area contributed by atoms with Crippen LogP contribution in [0.1, 0.15) is 28.7 Å². The van der Waals surface area contributed by atoms with Gasteiger partial charge in [0.1, 0.15) is 12.4 Å². The number of ether oxygens (including phenoxy) is 1. The van der Waals surface area contributed by atoms with Gasteiger partial charge in [-0.25, -0.2) is 0 Å². The van der Waals surface area contributed by atoms with Crippen LogP contribution < -0.4 is 4.74 Å². The molecule has 2 aromatic rings. The van der Waals surface area contributed by atoms with Crippen molar-refractivity contribution in [1.29, 1.82) is 0 Å². The van der Waals surface area contributed by atoms with Gasteiger partial charge in [-0.1, -0.05) is 46.3 Å². The Morgan fingerprint density at radius 2 is 1.84 bits per heavy atom. The number of benzene rings is 2. The summed E-state index contributed by atoms with van der Waals surface area (Å²) in [6.07, 6.45) is 3.76. The molecule has 19 heavy (non-hydrogen) atoms. The highest BCUT2D eigenvalue weighted by molar-refractivity contribution is 9.08. The lowest BCUT2D eigenvalue weighted by molar-refractivity contribution is 0.306. The van der Waals surface area contributed by atoms with Crippen LogP contribution in [-0.4, -0.2) is 0 Å². The highest BCUT2D eigenvalue weighted by atomic mass is 79.9. The second-order valence-corrected chi connectivity index (χ2v) is 5.59. The van der Waals surface area contributed by atoms with Crippen LogP contribution in [0.3, 0.4) is 0 Å². The topological polar surface area (TPSA) is 9.23 Å². The van der Waals surface area contributed by atoms with Gasteiger partial charge >= 0.3 is 0 Å². The molecule has 0 saturated carbocycles. The molecule has 0 bridgehead atoms. The quantitative estimate of drug-likeness (QED) is 0.746. The Kier molecular flexibility index (Phi) is 3.88. The van der Waals surface area contributed by atoms with Crippen LogP contribution in [0, 0.1) is 0 Å². The van der Waals surface area contributed by atoms with Gasteiger partial charge in [0.15, 0.2) is 0 Å². The molecule has 0 N–H and O–H groups in total. The number of alkyl halides is 1. The third kappa shape index (κ3) is 3.01. The summed E-state index contributed by atoms with van der Waals surface area (Å²) in [6, 6.07) is 15.0. The first-order chi connectivity index (χ1) is 9.35. The number of aryl methyl sites for hydroxylation is 2. The van der Waals surface area contributed by atoms with E-state index in [-0.39, 0.29) is 0 Å². The molecule has 0 atom stereocenters. The van der Waals surface area contributed by atoms with Crippen molar-refractivity contribution in [2.45, 2.75) is 31.2 Å². The molecule has 98 valence electrons. The number of hydrogen-bond acceptors (Lipinski definition) is 1. The van der Waals surface area contributed by atoms with Gasteiger partial charge in [-0.15, -0.1) is 0 Å². The molecule has 0 spiro atoms. The van der Waals surface area contributed by atoms with E-state index in [2.05, 4.69) is 46.3 Å². The SMILES string of the molecule is BrCc1cccc(OCc2ccc3c(c2)CCC3)c1. The van der Waals surface area contributed by atoms with E-state index in [1.54, 1.807) is 0 Å². The van der Waals surface area contributed by atoms with E-state index >= 15 is 0 Å². The van der Waals surface area contributed by atoms with Gasteiger partial charge in [0.25, 0.3) is 0 Å². The monoisotopic (exact) mass is 316 g/mol. The molecule has 0 unspecified atom stereocenters. The molecule has 1 nitrogen and oxygen atoms in total. The van der Waals surface area contributed by atoms with E-state index in [1.807, 2.05) is 12.1 Å². The highest BCUT2D eigenvalue weighted by Crippen LogP contribution is 2.24. The molecule has 0 aromatic heterocycles. The zero-order valence-electron chi connectivity index (χ0n) is 10.9. The summed E-state index contributed by atoms with van der Waals surface area (Å²) >= 11 is 3.47. The zero-order valence-corrected chi connectivity index (χ0v) is 12.4. The Morgan fingerprint density at radius 1 is 0.947 bits per heavy atom. The van der Waals surface area contributed by atoms with Crippen molar-refractivity contribution in [2.75, 3.05) is 0 Å². The minimum Gasteiger partial charge on any atom is -0.489 e. The molecular weight excluding hydrogens is 300 g/mol. The zero-order chi connectivity index (χ0) is 13.1. The molecular formula is C17H17BrO. The first-order valence-electron chi connectivity index (χ1n) is 6.73. The number of rotatable bonds is 4. The molecule has 0 heterocycles. The second-order valence-electron chi connectivity index (χ2n) is 5.03. The van der Waals surface area contributed by atoms with Gasteiger partial charge in [0.05, 0.1) is 0 Å². The fourth-order valence-electron chi connectivity index (χ4n) is 2.60. The predicted octanol–water partition coefficient (Wildman–Crippen LogP) is 4.65. The Labute approximate surface area is 122 Å². The van der Waals surface area contributed by atoms with Crippen molar-refractivity contribution in [3.05, 3.63) is 64.7 Å². The lowest BCUT2D eigenvalue weighted by atomic mass is 10.1. The molecule has 0 aliphatic heterocycles. The maximum Gasteiger partial charge on any atom is 0.120 e. The maximum absolute atomic E-state index is 5.87. The normalized spacial score (nSPS) is 13.3. The molecule has 3 rings (SSSR count). The lowest BCUT2D eigenvalue weighted by Gasteiger charge is -2.09. The van der Waals surface area contributed by atoms with Crippen molar-refractivity contribution < 1.29 is 4.74 Å². The van der Waals surface area contributed by atoms with Gasteiger partial charge in [0.2, 0.25) is 0 Å². The standard InChI is InChI=1S/C17H17BrO/c18-11-13-3-1-6-17(10-13)19-12-14-7-8-15-4-2-5-16(15)9-14/h1,3,6-10H,2,4-5,11-12H2. The van der Waals surface area contributed by atoms with Crippen LogP contribution in [0.2, 0.25) is 0 Å². The van der Waals surface area contributed by atoms with Crippen molar-refractivity contribution >= 4 is 15.9 Å². The van der Waals surface area contributed by atoms with Crippen LogP contribution >= 0.6 is 15.9 Å². The molecule has 1 aliphatic carbocycles. The number of halogens is 1. The summed E-state index contributed by atoms with van der Waals surface area (Å²) in [5, 5.41) is 0.864. The fraction of sp³-hybridized carbons (Fsp3) is 0.294. The predicted molar refractivity (Wildman–Crippen MR) is 81.9 cm³/mol. The first kappa shape index (κ1) is 12.7. The van der Waals surface area contributed by atoms with Crippen molar-refractivity contribution in [3.63, 3.8) is 0 Å². The summed E-state index contributed by atoms with van der Waals surface area (Å²) in [7, 11) is 0. The molecule has 0 fully saturated rings. The summed E-state index contributed by atoms with van der Waals surface area (Å²) in [6.45, 7) is 0.652. The van der Waals surface area contributed by atoms with Crippen LogP contribution in [0.25, 0.3) is 0 Å². The smallest absolute Gasteiger partial charge is 0.120 e. The van der Waals surface area contributed by atoms with Gasteiger partial charge < -0.3 is 4.74 Å². The van der Waals surface area contributed by atoms with E-state index in [9.17, 15) is 0 Å². The molecule has 2 aromatic carbocycles. The van der Waals surface area contributed by atoms with E-state index in [1.165, 1.54) is 41.5 Å². The van der Waals surface area contributed by atoms with E-state index in [4.69, 9.17) is 4.74 Å². The van der Waals surface area contributed by atoms with Crippen LogP contribution in [0.4, 0.5) is 0 Å². The maximum atomic E-state index is 5.87. The van der Waals surface area contributed by atoms with Gasteiger partial charge in [-0.05, 0) is 53.6 Å². The highest BCUT2D eigenvalue weighted by Gasteiger charge is 2.10. The summed E-state index contributed by atoms with van der Waals surface area (Å²) < 4.78 is 5.87. The Morgan fingerprint density at radius 3 is 2.74 bits per heavy atom. The molecule has 0 amide bonds. The summed E-state index contributed by atoms with van der Waals surface area (Å²) in [5.41, 5.74) is 5.54. The minimum absolute atomic E-state index is 0.652. The molecule has 2 heteroatoms. The Balaban J connectivity index is 1.68. The van der Waals surface area contributed by atoms with Crippen molar-refractivity contribution in [3.8, 4) is 5.75 Å². The average molecular weight is 317 g/mol. The molecule has 0 saturated heterocycles. The summed E-state index contributed by atoms with van der Waals surface area (Å²) in [4.78, 5) is 0. The van der Waals surface area contributed by atoms with Gasteiger partial charge in [-0.3, -0.25) is 0 Å². The fourth-order valence-corrected chi connectivity index (χ4v) is 2.95. The summed E-state index contributed by atoms with van der Waals surface area (Å²) in [5.74, 6) is 0.942. The number of fused-ring (bicyclic) bond motifs is 1. The van der Waals surface area contributed by atoms with Gasteiger partial charge in [0, 0.05) is 5.33 Å². The van der Waals surface area contributed by atoms with Crippen molar-refractivity contribution in [1.82, 2.24) is 0 Å². The van der Waals surface area contributed by atoms with Gasteiger partial charge in [-0.2, -0.15) is 0 Å². The molecule has 0 radical (unpaired) electrons. The van der Waals surface area contributed by atoms with E-state index in [0.717, 1.165) is 11.1 Å². The minimum atomic E-state index is 0.652. The lowest BCUT2D eigenvalue weighted by Crippen LogP contribution is -1.97. The third-order valence-corrected chi connectivity index (χ3v) is 4.27. The van der Waals surface area contributed by atoms with E-state index in [0.29, 0.717) is 6.61 Å². The largest absolute Gasteiger partial charge is 0.489 e. The molecule has 1 aliphatic rings. The second kappa shape index (κ2) is 5.79. The van der Waals surface area contributed by atoms with Crippen molar-refractivity contribution in [2.24, 2.45) is 0 Å². The van der Waals surface area contributed by atoms with Crippen LogP contribution in [0.15, 0.2) is 42.5 Å². The van der Waals surface area contributed by atoms with Crippen LogP contribution in [-0.2, 0) is 24.8 Å². The number of hydrogen-bond donors (Lipinski definition) is 0. The first-order valence-corrected chi connectivity index (χ1v) is 7.86. The Hall–Kier alpha value is -1.28. The average Bonchev–Trinajstić information content (AvgIpc) is 2.93. The van der Waals surface area contributed by atoms with Crippen LogP contribution in [0.5, 0.6) is 5.75 Å². The van der Waals surface area contributed by atoms with E-state index < -0.39 is 0 Å². The Bertz CT molecular complexity index is 577.